The summed E-state index contributed by atoms with van der Waals surface area (Å²) in [6.07, 6.45) is 12.0. The summed E-state index contributed by atoms with van der Waals surface area (Å²) in [6, 6.07) is 12.1. The van der Waals surface area contributed by atoms with E-state index in [9.17, 15) is 9.00 Å². The van der Waals surface area contributed by atoms with Crippen LogP contribution in [0.2, 0.25) is 0 Å². The number of fused-ring (bicyclic) bond motifs is 1. The van der Waals surface area contributed by atoms with Crippen molar-refractivity contribution in [3.63, 3.8) is 0 Å². The Balaban J connectivity index is 1.12. The molecule has 1 saturated carbocycles. The summed E-state index contributed by atoms with van der Waals surface area (Å²) in [5.41, 5.74) is 2.38. The second-order valence-electron chi connectivity index (χ2n) is 8.94. The van der Waals surface area contributed by atoms with E-state index in [0.717, 1.165) is 48.3 Å². The molecule has 2 aromatic heterocycles. The molecule has 1 aliphatic heterocycles. The fourth-order valence-corrected chi connectivity index (χ4v) is 6.05. The van der Waals surface area contributed by atoms with E-state index in [2.05, 4.69) is 19.5 Å². The first-order valence-corrected chi connectivity index (χ1v) is 13.0. The van der Waals surface area contributed by atoms with Crippen molar-refractivity contribution in [2.24, 2.45) is 0 Å². The van der Waals surface area contributed by atoms with Gasteiger partial charge < -0.3 is 9.72 Å². The molecule has 1 atom stereocenters. The third-order valence-corrected chi connectivity index (χ3v) is 8.34. The molecule has 1 aromatic carbocycles. The summed E-state index contributed by atoms with van der Waals surface area (Å²) in [7, 11) is -1.14. The van der Waals surface area contributed by atoms with E-state index in [1.54, 1.807) is 18.5 Å². The van der Waals surface area contributed by atoms with Crippen LogP contribution in [0, 0.1) is 0 Å². The van der Waals surface area contributed by atoms with Crippen LogP contribution in [-0.4, -0.2) is 60.9 Å². The van der Waals surface area contributed by atoms with Gasteiger partial charge in [-0.3, -0.25) is 9.69 Å². The lowest BCUT2D eigenvalue weighted by Crippen LogP contribution is -2.51. The molecule has 33 heavy (non-hydrogen) atoms. The summed E-state index contributed by atoms with van der Waals surface area (Å²) in [5.74, 6) is -0.130. The molecule has 0 radical (unpaired) electrons. The Labute approximate surface area is 197 Å². The fourth-order valence-electron chi connectivity index (χ4n) is 4.89. The molecule has 3 heterocycles. The van der Waals surface area contributed by atoms with Gasteiger partial charge in [-0.25, -0.2) is 13.5 Å². The van der Waals surface area contributed by atoms with Crippen molar-refractivity contribution >= 4 is 22.5 Å². The van der Waals surface area contributed by atoms with Crippen LogP contribution in [0.3, 0.4) is 0 Å². The van der Waals surface area contributed by atoms with Gasteiger partial charge in [-0.2, -0.15) is 0 Å². The van der Waals surface area contributed by atoms with Gasteiger partial charge in [0.05, 0.1) is 10.5 Å². The van der Waals surface area contributed by atoms with E-state index in [1.165, 1.54) is 32.1 Å². The van der Waals surface area contributed by atoms with Crippen molar-refractivity contribution < 1.29 is 9.00 Å². The lowest BCUT2D eigenvalue weighted by atomic mass is 9.94. The molecular weight excluding hydrogens is 434 g/mol. The first kappa shape index (κ1) is 22.3. The highest BCUT2D eigenvalue weighted by atomic mass is 32.2. The van der Waals surface area contributed by atoms with Crippen LogP contribution in [0.25, 0.3) is 5.65 Å². The number of hydrogen-bond acceptors (Lipinski definition) is 4. The Morgan fingerprint density at radius 2 is 1.76 bits per heavy atom. The van der Waals surface area contributed by atoms with Gasteiger partial charge in [-0.1, -0.05) is 31.4 Å². The molecule has 3 aromatic rings. The molecule has 1 amide bonds. The van der Waals surface area contributed by atoms with E-state index in [-0.39, 0.29) is 5.91 Å². The number of aromatic nitrogens is 2. The van der Waals surface area contributed by atoms with Gasteiger partial charge >= 0.3 is 0 Å². The molecule has 8 heteroatoms. The number of benzene rings is 1. The molecular formula is C25H31N5O2S. The molecule has 174 valence electrons. The van der Waals surface area contributed by atoms with Crippen LogP contribution in [0.15, 0.2) is 59.9 Å². The zero-order chi connectivity index (χ0) is 22.6. The number of amides is 1. The van der Waals surface area contributed by atoms with Gasteiger partial charge in [0.1, 0.15) is 16.6 Å². The number of hydrogen-bond donors (Lipinski definition) is 1. The normalized spacial score (nSPS) is 19.5. The minimum absolute atomic E-state index is 0.130. The van der Waals surface area contributed by atoms with E-state index < -0.39 is 11.0 Å². The van der Waals surface area contributed by atoms with Crippen molar-refractivity contribution in [1.82, 2.24) is 23.9 Å². The van der Waals surface area contributed by atoms with Crippen molar-refractivity contribution in [2.75, 3.05) is 26.2 Å². The van der Waals surface area contributed by atoms with Crippen LogP contribution in [-0.2, 0) is 17.5 Å². The lowest BCUT2D eigenvalue weighted by Gasteiger charge is -2.40. The number of piperazine rings is 1. The van der Waals surface area contributed by atoms with Crippen LogP contribution >= 0.6 is 0 Å². The molecule has 0 spiro atoms. The second-order valence-corrected chi connectivity index (χ2v) is 10.4. The smallest absolute Gasteiger partial charge is 0.253 e. The van der Waals surface area contributed by atoms with E-state index in [1.807, 2.05) is 40.9 Å². The molecule has 2 fully saturated rings. The Hall–Kier alpha value is -2.55. The van der Waals surface area contributed by atoms with Crippen LogP contribution in [0.5, 0.6) is 0 Å². The molecule has 5 rings (SSSR count). The monoisotopic (exact) mass is 465 g/mol. The van der Waals surface area contributed by atoms with E-state index in [0.29, 0.717) is 12.1 Å². The zero-order valence-electron chi connectivity index (χ0n) is 18.9. The Morgan fingerprint density at radius 1 is 1.00 bits per heavy atom. The Morgan fingerprint density at radius 3 is 2.52 bits per heavy atom. The Kier molecular flexibility index (Phi) is 6.85. The summed E-state index contributed by atoms with van der Waals surface area (Å²) < 4.78 is 17.0. The van der Waals surface area contributed by atoms with Gasteiger partial charge in [-0.15, -0.1) is 0 Å². The maximum atomic E-state index is 13.1. The number of rotatable bonds is 6. The maximum Gasteiger partial charge on any atom is 0.253 e. The number of carbonyl (C=O) groups is 1. The molecule has 7 nitrogen and oxygen atoms in total. The van der Waals surface area contributed by atoms with Crippen LogP contribution in [0.1, 0.15) is 48.0 Å². The summed E-state index contributed by atoms with van der Waals surface area (Å²) in [6.45, 7) is 4.13. The number of nitrogens with one attached hydrogen (secondary N) is 1. The molecule has 0 bridgehead atoms. The highest BCUT2D eigenvalue weighted by molar-refractivity contribution is 7.82. The number of imidazole rings is 1. The molecule has 1 N–H and O–H groups in total. The first-order chi connectivity index (χ1) is 16.2. The lowest BCUT2D eigenvalue weighted by molar-refractivity contribution is 0.0950. The number of carbonyl (C=O) groups excluding carboxylic acids is 1. The minimum atomic E-state index is -1.14. The van der Waals surface area contributed by atoms with Gasteiger partial charge in [0.25, 0.3) is 5.91 Å². The average Bonchev–Trinajstić information content (AvgIpc) is 3.36. The SMILES string of the molecule is O=C(NCc1ccc(S(=O)N2CCN(C3CCCCC3)CC2)cc1)c1ccc2nccn2c1. The zero-order valence-corrected chi connectivity index (χ0v) is 19.7. The third kappa shape index (κ3) is 5.18. The summed E-state index contributed by atoms with van der Waals surface area (Å²) in [5, 5.41) is 2.96. The molecule has 1 unspecified atom stereocenters. The summed E-state index contributed by atoms with van der Waals surface area (Å²) in [4.78, 5) is 20.1. The van der Waals surface area contributed by atoms with E-state index in [4.69, 9.17) is 0 Å². The fraction of sp³-hybridized carbons (Fsp3) is 0.440. The molecule has 1 saturated heterocycles. The van der Waals surface area contributed by atoms with Crippen molar-refractivity contribution in [2.45, 2.75) is 49.6 Å². The third-order valence-electron chi connectivity index (χ3n) is 6.83. The van der Waals surface area contributed by atoms with Gasteiger partial charge in [0, 0.05) is 57.4 Å². The average molecular weight is 466 g/mol. The van der Waals surface area contributed by atoms with Crippen molar-refractivity contribution in [1.29, 1.82) is 0 Å². The Bertz CT molecular complexity index is 1120. The quantitative estimate of drug-likeness (QED) is 0.607. The summed E-state index contributed by atoms with van der Waals surface area (Å²) >= 11 is 0. The highest BCUT2D eigenvalue weighted by Crippen LogP contribution is 2.24. The van der Waals surface area contributed by atoms with Gasteiger partial charge in [0.2, 0.25) is 0 Å². The maximum absolute atomic E-state index is 13.1. The predicted octanol–water partition coefficient (Wildman–Crippen LogP) is 3.24. The second kappa shape index (κ2) is 10.2. The van der Waals surface area contributed by atoms with Crippen molar-refractivity contribution in [3.05, 3.63) is 66.1 Å². The molecule has 1 aliphatic carbocycles. The molecule has 2 aliphatic rings. The van der Waals surface area contributed by atoms with Crippen LogP contribution in [0.4, 0.5) is 0 Å². The first-order valence-electron chi connectivity index (χ1n) is 11.9. The largest absolute Gasteiger partial charge is 0.348 e. The van der Waals surface area contributed by atoms with E-state index >= 15 is 0 Å². The van der Waals surface area contributed by atoms with Crippen molar-refractivity contribution in [3.8, 4) is 0 Å². The van der Waals surface area contributed by atoms with Gasteiger partial charge in [0.15, 0.2) is 0 Å². The predicted molar refractivity (Wildman–Crippen MR) is 129 cm³/mol. The number of pyridine rings is 1. The standard InChI is InChI=1S/C25H31N5O2S/c31-25(21-8-11-24-26-12-13-29(24)19-21)27-18-20-6-9-23(10-7-20)33(32)30-16-14-28(15-17-30)22-4-2-1-3-5-22/h6-13,19,22H,1-5,14-18H2,(H,27,31). The number of nitrogens with zero attached hydrogens (tertiary/aromatic N) is 4. The van der Waals surface area contributed by atoms with Crippen LogP contribution < -0.4 is 5.32 Å². The highest BCUT2D eigenvalue weighted by Gasteiger charge is 2.27. The topological polar surface area (TPSA) is 70.0 Å². The minimum Gasteiger partial charge on any atom is -0.348 e. The van der Waals surface area contributed by atoms with Gasteiger partial charge in [-0.05, 0) is 42.7 Å².